The molecule has 1 aromatic carbocycles. The fraction of sp³-hybridized carbons (Fsp3) is 0.192. The zero-order valence-corrected chi connectivity index (χ0v) is 21.6. The number of rotatable bonds is 5. The molecule has 5 aromatic rings. The number of halogens is 3. The predicted molar refractivity (Wildman–Crippen MR) is 136 cm³/mol. The van der Waals surface area contributed by atoms with Gasteiger partial charge in [0.25, 0.3) is 5.88 Å². The monoisotopic (exact) mass is 570 g/mol. The molecular formula is C26H17ClF2N4O7. The van der Waals surface area contributed by atoms with Crippen LogP contribution in [0.1, 0.15) is 29.7 Å². The summed E-state index contributed by atoms with van der Waals surface area (Å²) in [4.78, 5) is 35.4. The lowest BCUT2D eigenvalue weighted by Crippen LogP contribution is -2.26. The van der Waals surface area contributed by atoms with E-state index in [1.54, 1.807) is 32.0 Å². The number of benzene rings is 1. The number of aromatic nitrogens is 4. The Labute approximate surface area is 227 Å². The summed E-state index contributed by atoms with van der Waals surface area (Å²) >= 11 is 6.05. The van der Waals surface area contributed by atoms with Gasteiger partial charge in [-0.2, -0.15) is 0 Å². The molecule has 0 fully saturated rings. The molecule has 40 heavy (non-hydrogen) atoms. The molecule has 0 unspecified atom stereocenters. The van der Waals surface area contributed by atoms with Gasteiger partial charge < -0.3 is 18.6 Å². The van der Waals surface area contributed by atoms with Gasteiger partial charge in [-0.25, -0.2) is 14.8 Å². The topological polar surface area (TPSA) is 143 Å². The first-order chi connectivity index (χ1) is 19.0. The van der Waals surface area contributed by atoms with Gasteiger partial charge in [-0.1, -0.05) is 16.8 Å². The molecule has 1 aliphatic heterocycles. The molecule has 0 saturated carbocycles. The van der Waals surface area contributed by atoms with Crippen LogP contribution in [0.2, 0.25) is 5.15 Å². The molecular weight excluding hydrogens is 554 g/mol. The minimum atomic E-state index is -3.85. The van der Waals surface area contributed by atoms with Crippen molar-refractivity contribution in [3.8, 4) is 40.2 Å². The molecule has 11 nitrogen and oxygen atoms in total. The van der Waals surface area contributed by atoms with Gasteiger partial charge in [0.1, 0.15) is 28.3 Å². The van der Waals surface area contributed by atoms with Crippen LogP contribution in [0.3, 0.4) is 0 Å². The van der Waals surface area contributed by atoms with Crippen molar-refractivity contribution in [2.75, 3.05) is 0 Å². The fourth-order valence-corrected chi connectivity index (χ4v) is 4.53. The van der Waals surface area contributed by atoms with E-state index in [-0.39, 0.29) is 61.9 Å². The normalized spacial score (nSPS) is 14.4. The van der Waals surface area contributed by atoms with Crippen LogP contribution in [0.4, 0.5) is 8.78 Å². The van der Waals surface area contributed by atoms with Crippen molar-refractivity contribution in [3.63, 3.8) is 0 Å². The average Bonchev–Trinajstić information content (AvgIpc) is 3.47. The van der Waals surface area contributed by atoms with Crippen LogP contribution in [0.5, 0.6) is 17.4 Å². The van der Waals surface area contributed by atoms with Gasteiger partial charge >= 0.3 is 12.1 Å². The van der Waals surface area contributed by atoms with E-state index in [1.807, 2.05) is 6.92 Å². The van der Waals surface area contributed by atoms with Crippen LogP contribution in [0, 0.1) is 13.8 Å². The van der Waals surface area contributed by atoms with Gasteiger partial charge in [0.15, 0.2) is 16.9 Å². The summed E-state index contributed by atoms with van der Waals surface area (Å²) in [6, 6.07) is 7.78. The first kappa shape index (κ1) is 25.5. The standard InChI is InChI=1S/C26H17ClF2N4O7/c1-10-6-14(12(3)36-16-4-5-18(27)31-19(16)23-32-25(35)40-33-23)22-15(7-10)20(34)11(2)21(37-22)13-8-17-24(30-9-13)39-26(28,29)38-17/h4-9,12H,1-3H3,(H,32,33,35)/t12-/m1/s1. The molecule has 0 aliphatic carbocycles. The maximum atomic E-state index is 13.5. The number of aromatic amines is 1. The second kappa shape index (κ2) is 9.16. The quantitative estimate of drug-likeness (QED) is 0.276. The second-order valence-electron chi connectivity index (χ2n) is 9.00. The van der Waals surface area contributed by atoms with Crippen molar-refractivity contribution >= 4 is 22.6 Å². The summed E-state index contributed by atoms with van der Waals surface area (Å²) in [5.74, 6) is -1.13. The van der Waals surface area contributed by atoms with E-state index in [2.05, 4.69) is 34.1 Å². The Bertz CT molecular complexity index is 1940. The molecule has 5 heterocycles. The van der Waals surface area contributed by atoms with Crippen LogP contribution in [0.25, 0.3) is 33.8 Å². The van der Waals surface area contributed by atoms with Crippen LogP contribution in [-0.4, -0.2) is 26.4 Å². The van der Waals surface area contributed by atoms with E-state index in [1.165, 1.54) is 18.3 Å². The first-order valence-electron chi connectivity index (χ1n) is 11.7. The third-order valence-corrected chi connectivity index (χ3v) is 6.36. The molecule has 1 N–H and O–H groups in total. The van der Waals surface area contributed by atoms with E-state index < -0.39 is 18.2 Å². The molecule has 0 saturated heterocycles. The molecule has 4 aromatic heterocycles. The largest absolute Gasteiger partial charge is 0.587 e. The van der Waals surface area contributed by atoms with Gasteiger partial charge in [0.2, 0.25) is 5.82 Å². The smallest absolute Gasteiger partial charge is 0.483 e. The Kier molecular flexibility index (Phi) is 5.84. The number of fused-ring (bicyclic) bond motifs is 2. The molecule has 0 amide bonds. The molecule has 204 valence electrons. The molecule has 14 heteroatoms. The first-order valence-corrected chi connectivity index (χ1v) is 12.1. The fourth-order valence-electron chi connectivity index (χ4n) is 4.39. The Hall–Kier alpha value is -4.78. The number of alkyl halides is 2. The second-order valence-corrected chi connectivity index (χ2v) is 9.38. The average molecular weight is 571 g/mol. The van der Waals surface area contributed by atoms with Gasteiger partial charge in [-0.05, 0) is 56.7 Å². The number of nitrogens with zero attached hydrogens (tertiary/aromatic N) is 3. The van der Waals surface area contributed by atoms with Crippen molar-refractivity contribution in [1.82, 2.24) is 20.1 Å². The highest BCUT2D eigenvalue weighted by Crippen LogP contribution is 2.42. The number of H-pyrrole nitrogens is 1. The Morgan fingerprint density at radius 1 is 1.12 bits per heavy atom. The SMILES string of the molecule is Cc1cc([C@@H](C)Oc2ccc(Cl)nc2-c2noc(=O)[nH]2)c2oc(-c3cnc4c(c3)OC(F)(F)O4)c(C)c(=O)c2c1. The van der Waals surface area contributed by atoms with Crippen LogP contribution < -0.4 is 25.4 Å². The number of nitrogens with one attached hydrogen (secondary N) is 1. The van der Waals surface area contributed by atoms with E-state index >= 15 is 0 Å². The van der Waals surface area contributed by atoms with E-state index in [0.29, 0.717) is 10.9 Å². The molecule has 0 spiro atoms. The van der Waals surface area contributed by atoms with Gasteiger partial charge in [-0.15, -0.1) is 8.78 Å². The van der Waals surface area contributed by atoms with E-state index in [0.717, 1.165) is 5.56 Å². The summed E-state index contributed by atoms with van der Waals surface area (Å²) in [5.41, 5.74) is 1.75. The number of pyridine rings is 2. The number of aryl methyl sites for hydroxylation is 1. The summed E-state index contributed by atoms with van der Waals surface area (Å²) in [6.45, 7) is 5.10. The molecule has 6 rings (SSSR count). The lowest BCUT2D eigenvalue weighted by Gasteiger charge is -2.19. The third-order valence-electron chi connectivity index (χ3n) is 6.15. The molecule has 0 radical (unpaired) electrons. The lowest BCUT2D eigenvalue weighted by molar-refractivity contribution is -0.287. The van der Waals surface area contributed by atoms with Gasteiger partial charge in [0, 0.05) is 22.9 Å². The summed E-state index contributed by atoms with van der Waals surface area (Å²) in [5, 5.41) is 4.08. The summed E-state index contributed by atoms with van der Waals surface area (Å²) in [6.07, 6.45) is -3.33. The van der Waals surface area contributed by atoms with E-state index in [9.17, 15) is 18.4 Å². The molecule has 1 aliphatic rings. The van der Waals surface area contributed by atoms with Gasteiger partial charge in [-0.3, -0.25) is 14.3 Å². The number of hydrogen-bond acceptors (Lipinski definition) is 10. The van der Waals surface area contributed by atoms with Crippen LogP contribution in [-0.2, 0) is 0 Å². The van der Waals surface area contributed by atoms with Gasteiger partial charge in [0.05, 0.1) is 5.39 Å². The van der Waals surface area contributed by atoms with Crippen molar-refractivity contribution in [1.29, 1.82) is 0 Å². The van der Waals surface area contributed by atoms with Crippen molar-refractivity contribution < 1.29 is 31.9 Å². The van der Waals surface area contributed by atoms with Crippen LogP contribution in [0.15, 0.2) is 55.1 Å². The van der Waals surface area contributed by atoms with Crippen LogP contribution >= 0.6 is 11.6 Å². The van der Waals surface area contributed by atoms with Crippen molar-refractivity contribution in [3.05, 3.63) is 79.1 Å². The number of ether oxygens (including phenoxy) is 3. The zero-order chi connectivity index (χ0) is 28.3. The summed E-state index contributed by atoms with van der Waals surface area (Å²) < 4.78 is 52.9. The minimum absolute atomic E-state index is 0.00845. The Morgan fingerprint density at radius 2 is 1.93 bits per heavy atom. The van der Waals surface area contributed by atoms with E-state index in [4.69, 9.17) is 20.8 Å². The maximum absolute atomic E-state index is 13.5. The third kappa shape index (κ3) is 4.43. The molecule has 1 atom stereocenters. The van der Waals surface area contributed by atoms with Crippen molar-refractivity contribution in [2.24, 2.45) is 0 Å². The highest BCUT2D eigenvalue weighted by Gasteiger charge is 2.44. The highest BCUT2D eigenvalue weighted by molar-refractivity contribution is 6.29. The summed E-state index contributed by atoms with van der Waals surface area (Å²) in [7, 11) is 0. The lowest BCUT2D eigenvalue weighted by atomic mass is 10.00. The molecule has 0 bridgehead atoms. The zero-order valence-electron chi connectivity index (χ0n) is 20.9. The Balaban J connectivity index is 1.46. The highest BCUT2D eigenvalue weighted by atomic mass is 35.5. The van der Waals surface area contributed by atoms with Crippen molar-refractivity contribution in [2.45, 2.75) is 33.2 Å². The predicted octanol–water partition coefficient (Wildman–Crippen LogP) is 5.33. The minimum Gasteiger partial charge on any atom is -0.483 e. The number of hydrogen-bond donors (Lipinski definition) is 1. The Morgan fingerprint density at radius 3 is 2.67 bits per heavy atom. The maximum Gasteiger partial charge on any atom is 0.587 e.